The number of carbonyl (C=O) groups is 2. The zero-order chi connectivity index (χ0) is 19.7. The van der Waals surface area contributed by atoms with Crippen LogP contribution in [-0.2, 0) is 4.79 Å². The van der Waals surface area contributed by atoms with E-state index >= 15 is 0 Å². The van der Waals surface area contributed by atoms with Crippen molar-refractivity contribution in [2.24, 2.45) is 5.92 Å². The van der Waals surface area contributed by atoms with Gasteiger partial charge in [-0.05, 0) is 38.0 Å². The number of pyridine rings is 1. The van der Waals surface area contributed by atoms with Gasteiger partial charge in [0.2, 0.25) is 0 Å². The van der Waals surface area contributed by atoms with Crippen molar-refractivity contribution in [1.82, 2.24) is 20.1 Å². The average molecular weight is 370 g/mol. The van der Waals surface area contributed by atoms with Crippen molar-refractivity contribution in [3.8, 4) is 11.5 Å². The number of furan rings is 1. The molecular weight excluding hydrogens is 348 g/mol. The van der Waals surface area contributed by atoms with Gasteiger partial charge in [0.15, 0.2) is 11.4 Å². The monoisotopic (exact) mass is 370 g/mol. The second-order valence-corrected chi connectivity index (χ2v) is 6.99. The van der Waals surface area contributed by atoms with Crippen molar-refractivity contribution in [2.45, 2.75) is 39.8 Å². The van der Waals surface area contributed by atoms with Crippen LogP contribution >= 0.6 is 0 Å². The van der Waals surface area contributed by atoms with Gasteiger partial charge in [0, 0.05) is 6.04 Å². The van der Waals surface area contributed by atoms with Crippen molar-refractivity contribution >= 4 is 22.9 Å². The molecular formula is C19H22N4O4. The summed E-state index contributed by atoms with van der Waals surface area (Å²) >= 11 is 0. The van der Waals surface area contributed by atoms with E-state index < -0.39 is 17.9 Å². The molecule has 2 N–H and O–H groups in total. The Morgan fingerprint density at radius 1 is 1.26 bits per heavy atom. The molecule has 0 spiro atoms. The summed E-state index contributed by atoms with van der Waals surface area (Å²) in [6.07, 6.45) is 3.11. The number of hydrogen-bond donors (Lipinski definition) is 2. The summed E-state index contributed by atoms with van der Waals surface area (Å²) in [4.78, 5) is 29.0. The van der Waals surface area contributed by atoms with Gasteiger partial charge in [0.1, 0.15) is 11.7 Å². The molecule has 0 saturated carbocycles. The van der Waals surface area contributed by atoms with Crippen molar-refractivity contribution in [1.29, 1.82) is 0 Å². The van der Waals surface area contributed by atoms with Gasteiger partial charge in [0.25, 0.3) is 5.91 Å². The first-order valence-corrected chi connectivity index (χ1v) is 8.75. The average Bonchev–Trinajstić information content (AvgIpc) is 3.26. The Bertz CT molecular complexity index is 973. The summed E-state index contributed by atoms with van der Waals surface area (Å²) < 4.78 is 7.14. The lowest BCUT2D eigenvalue weighted by Gasteiger charge is -2.18. The fourth-order valence-electron chi connectivity index (χ4n) is 2.87. The number of nitrogens with zero attached hydrogens (tertiary/aromatic N) is 3. The van der Waals surface area contributed by atoms with E-state index in [0.717, 1.165) is 0 Å². The Morgan fingerprint density at radius 2 is 2.00 bits per heavy atom. The highest BCUT2D eigenvalue weighted by molar-refractivity contribution is 6.07. The third kappa shape index (κ3) is 3.55. The number of carboxylic acids is 1. The maximum atomic E-state index is 12.9. The number of hydrogen-bond acceptors (Lipinski definition) is 5. The predicted octanol–water partition coefficient (Wildman–Crippen LogP) is 3.11. The lowest BCUT2D eigenvalue weighted by atomic mass is 10.0. The van der Waals surface area contributed by atoms with Gasteiger partial charge in [-0.3, -0.25) is 4.79 Å². The van der Waals surface area contributed by atoms with Crippen LogP contribution in [0.25, 0.3) is 22.5 Å². The van der Waals surface area contributed by atoms with Gasteiger partial charge in [0.05, 0.1) is 23.4 Å². The van der Waals surface area contributed by atoms with Crippen LogP contribution in [0.4, 0.5) is 0 Å². The first-order valence-electron chi connectivity index (χ1n) is 8.75. The maximum Gasteiger partial charge on any atom is 0.326 e. The SMILES string of the molecule is CC(C)[C@@H](NC(=O)c1cc(-c2ccco2)nc2c1cnn2C(C)C)C(=O)O. The lowest BCUT2D eigenvalue weighted by molar-refractivity contribution is -0.140. The topological polar surface area (TPSA) is 110 Å². The van der Waals surface area contributed by atoms with Crippen LogP contribution in [0.1, 0.15) is 44.1 Å². The maximum absolute atomic E-state index is 12.9. The highest BCUT2D eigenvalue weighted by atomic mass is 16.4. The van der Waals surface area contributed by atoms with Crippen molar-refractivity contribution in [2.75, 3.05) is 0 Å². The first kappa shape index (κ1) is 18.6. The molecule has 1 amide bonds. The molecule has 27 heavy (non-hydrogen) atoms. The van der Waals surface area contributed by atoms with Gasteiger partial charge >= 0.3 is 5.97 Å². The number of aliphatic carboxylic acids is 1. The van der Waals surface area contributed by atoms with E-state index in [9.17, 15) is 14.7 Å². The fraction of sp³-hybridized carbons (Fsp3) is 0.368. The molecule has 3 rings (SSSR count). The summed E-state index contributed by atoms with van der Waals surface area (Å²) in [5.41, 5.74) is 1.34. The molecule has 3 heterocycles. The van der Waals surface area contributed by atoms with Crippen LogP contribution in [-0.4, -0.2) is 37.8 Å². The van der Waals surface area contributed by atoms with E-state index in [1.165, 1.54) is 6.26 Å². The number of nitrogens with one attached hydrogen (secondary N) is 1. The number of fused-ring (bicyclic) bond motifs is 1. The van der Waals surface area contributed by atoms with Gasteiger partial charge in [-0.1, -0.05) is 13.8 Å². The van der Waals surface area contributed by atoms with Crippen LogP contribution < -0.4 is 5.32 Å². The van der Waals surface area contributed by atoms with Crippen LogP contribution in [0, 0.1) is 5.92 Å². The molecule has 0 aliphatic heterocycles. The third-order valence-electron chi connectivity index (χ3n) is 4.29. The Labute approximate surface area is 156 Å². The van der Waals surface area contributed by atoms with E-state index in [-0.39, 0.29) is 12.0 Å². The fourth-order valence-corrected chi connectivity index (χ4v) is 2.87. The number of carbonyl (C=O) groups excluding carboxylic acids is 1. The summed E-state index contributed by atoms with van der Waals surface area (Å²) in [5, 5.41) is 16.9. The molecule has 1 atom stereocenters. The molecule has 0 fully saturated rings. The number of aromatic nitrogens is 3. The van der Waals surface area contributed by atoms with E-state index in [1.807, 2.05) is 13.8 Å². The standard InChI is InChI=1S/C19H22N4O4/c1-10(2)16(19(25)26)22-18(24)12-8-14(15-6-5-7-27-15)21-17-13(12)9-20-23(17)11(3)4/h5-11,16H,1-4H3,(H,22,24)(H,25,26)/t16-/m1/s1. The largest absolute Gasteiger partial charge is 0.480 e. The minimum absolute atomic E-state index is 0.0418. The predicted molar refractivity (Wildman–Crippen MR) is 99.3 cm³/mol. The van der Waals surface area contributed by atoms with Crippen LogP contribution in [0.2, 0.25) is 0 Å². The van der Waals surface area contributed by atoms with Gasteiger partial charge in [-0.2, -0.15) is 5.10 Å². The normalized spacial score (nSPS) is 12.7. The molecule has 0 saturated heterocycles. The smallest absolute Gasteiger partial charge is 0.326 e. The van der Waals surface area contributed by atoms with Crippen molar-refractivity contribution in [3.05, 3.63) is 36.2 Å². The molecule has 8 nitrogen and oxygen atoms in total. The molecule has 0 bridgehead atoms. The van der Waals surface area contributed by atoms with E-state index in [1.54, 1.807) is 42.9 Å². The molecule has 0 unspecified atom stereocenters. The summed E-state index contributed by atoms with van der Waals surface area (Å²) in [5.74, 6) is -1.31. The Morgan fingerprint density at radius 3 is 2.56 bits per heavy atom. The summed E-state index contributed by atoms with van der Waals surface area (Å²) in [7, 11) is 0. The van der Waals surface area contributed by atoms with Gasteiger partial charge in [-0.25, -0.2) is 14.5 Å². The highest BCUT2D eigenvalue weighted by Crippen LogP contribution is 2.26. The second kappa shape index (κ2) is 7.22. The lowest BCUT2D eigenvalue weighted by Crippen LogP contribution is -2.44. The van der Waals surface area contributed by atoms with E-state index in [0.29, 0.717) is 28.1 Å². The minimum Gasteiger partial charge on any atom is -0.480 e. The zero-order valence-corrected chi connectivity index (χ0v) is 15.6. The van der Waals surface area contributed by atoms with E-state index in [4.69, 9.17) is 4.42 Å². The molecule has 3 aromatic heterocycles. The third-order valence-corrected chi connectivity index (χ3v) is 4.29. The summed E-state index contributed by atoms with van der Waals surface area (Å²) in [6, 6.07) is 4.13. The molecule has 0 aromatic carbocycles. The van der Waals surface area contributed by atoms with Crippen LogP contribution in [0.3, 0.4) is 0 Å². The second-order valence-electron chi connectivity index (χ2n) is 6.99. The zero-order valence-electron chi connectivity index (χ0n) is 15.6. The minimum atomic E-state index is -1.08. The van der Waals surface area contributed by atoms with Crippen molar-refractivity contribution in [3.63, 3.8) is 0 Å². The molecule has 142 valence electrons. The highest BCUT2D eigenvalue weighted by Gasteiger charge is 2.26. The Balaban J connectivity index is 2.13. The molecule has 0 aliphatic rings. The van der Waals surface area contributed by atoms with E-state index in [2.05, 4.69) is 15.4 Å². The number of rotatable bonds is 6. The molecule has 3 aromatic rings. The quantitative estimate of drug-likeness (QED) is 0.690. The molecule has 8 heteroatoms. The molecule has 0 radical (unpaired) electrons. The summed E-state index contributed by atoms with van der Waals surface area (Å²) in [6.45, 7) is 7.41. The number of amides is 1. The van der Waals surface area contributed by atoms with Gasteiger partial charge < -0.3 is 14.8 Å². The van der Waals surface area contributed by atoms with Gasteiger partial charge in [-0.15, -0.1) is 0 Å². The molecule has 0 aliphatic carbocycles. The Kier molecular flexibility index (Phi) is 4.98. The Hall–Kier alpha value is -3.16. The van der Waals surface area contributed by atoms with Crippen molar-refractivity contribution < 1.29 is 19.1 Å². The first-order chi connectivity index (χ1) is 12.8. The van der Waals surface area contributed by atoms with Crippen LogP contribution in [0.5, 0.6) is 0 Å². The van der Waals surface area contributed by atoms with Crippen LogP contribution in [0.15, 0.2) is 35.1 Å². The number of carboxylic acid groups (broad SMARTS) is 1.